The van der Waals surface area contributed by atoms with Gasteiger partial charge in [0.15, 0.2) is 11.5 Å². The summed E-state index contributed by atoms with van der Waals surface area (Å²) in [7, 11) is 0. The van der Waals surface area contributed by atoms with Crippen LogP contribution in [0.1, 0.15) is 25.3 Å². The first kappa shape index (κ1) is 21.0. The predicted molar refractivity (Wildman–Crippen MR) is 112 cm³/mol. The summed E-state index contributed by atoms with van der Waals surface area (Å²) in [6.45, 7) is 4.41. The van der Waals surface area contributed by atoms with Gasteiger partial charge in [-0.25, -0.2) is 0 Å². The molecule has 0 spiro atoms. The van der Waals surface area contributed by atoms with E-state index in [0.717, 1.165) is 37.4 Å². The van der Waals surface area contributed by atoms with E-state index in [4.69, 9.17) is 26.3 Å². The SMILES string of the molecule is CCOc1ccccc1OC1CCN(CC(=O)Nc2ccc(C#N)c(Cl)c2)CC1. The van der Waals surface area contributed by atoms with E-state index in [1.165, 1.54) is 0 Å². The van der Waals surface area contributed by atoms with Gasteiger partial charge in [0.05, 0.1) is 23.7 Å². The van der Waals surface area contributed by atoms with E-state index < -0.39 is 0 Å². The minimum Gasteiger partial charge on any atom is -0.490 e. The number of rotatable bonds is 7. The van der Waals surface area contributed by atoms with Crippen LogP contribution in [0.25, 0.3) is 0 Å². The number of ether oxygens (including phenoxy) is 2. The third-order valence-corrected chi connectivity index (χ3v) is 5.03. The second-order valence-corrected chi connectivity index (χ2v) is 7.23. The summed E-state index contributed by atoms with van der Waals surface area (Å²) in [4.78, 5) is 14.4. The molecule has 6 nitrogen and oxygen atoms in total. The van der Waals surface area contributed by atoms with E-state index in [0.29, 0.717) is 29.4 Å². The molecule has 0 aliphatic carbocycles. The van der Waals surface area contributed by atoms with Crippen LogP contribution in [0.3, 0.4) is 0 Å². The highest BCUT2D eigenvalue weighted by molar-refractivity contribution is 6.32. The van der Waals surface area contributed by atoms with Crippen molar-refractivity contribution in [2.24, 2.45) is 0 Å². The van der Waals surface area contributed by atoms with Crippen LogP contribution in [0.4, 0.5) is 5.69 Å². The number of amides is 1. The van der Waals surface area contributed by atoms with E-state index in [9.17, 15) is 4.79 Å². The fourth-order valence-corrected chi connectivity index (χ4v) is 3.50. The van der Waals surface area contributed by atoms with Crippen molar-refractivity contribution in [3.8, 4) is 17.6 Å². The maximum atomic E-state index is 12.3. The van der Waals surface area contributed by atoms with Crippen molar-refractivity contribution in [1.29, 1.82) is 5.26 Å². The molecule has 0 atom stereocenters. The molecule has 0 radical (unpaired) electrons. The van der Waals surface area contributed by atoms with E-state index >= 15 is 0 Å². The number of carbonyl (C=O) groups excluding carboxylic acids is 1. The second kappa shape index (κ2) is 10.1. The van der Waals surface area contributed by atoms with Crippen molar-refractivity contribution in [1.82, 2.24) is 4.90 Å². The molecule has 0 unspecified atom stereocenters. The summed E-state index contributed by atoms with van der Waals surface area (Å²) in [5.41, 5.74) is 0.974. The molecule has 152 valence electrons. The van der Waals surface area contributed by atoms with Crippen molar-refractivity contribution in [2.75, 3.05) is 31.6 Å². The number of nitrogens with one attached hydrogen (secondary N) is 1. The maximum absolute atomic E-state index is 12.3. The second-order valence-electron chi connectivity index (χ2n) is 6.83. The van der Waals surface area contributed by atoms with Crippen LogP contribution < -0.4 is 14.8 Å². The Labute approximate surface area is 176 Å². The molecule has 29 heavy (non-hydrogen) atoms. The Morgan fingerprint density at radius 3 is 2.62 bits per heavy atom. The van der Waals surface area contributed by atoms with E-state index in [-0.39, 0.29) is 12.0 Å². The van der Waals surface area contributed by atoms with Gasteiger partial charge in [-0.1, -0.05) is 23.7 Å². The lowest BCUT2D eigenvalue weighted by Crippen LogP contribution is -2.42. The Morgan fingerprint density at radius 2 is 1.97 bits per heavy atom. The van der Waals surface area contributed by atoms with Crippen LogP contribution in [-0.4, -0.2) is 43.2 Å². The average molecular weight is 414 g/mol. The molecular formula is C22H24ClN3O3. The molecule has 3 rings (SSSR count). The largest absolute Gasteiger partial charge is 0.490 e. The number of likely N-dealkylation sites (tertiary alicyclic amines) is 1. The van der Waals surface area contributed by atoms with Gasteiger partial charge in [-0.3, -0.25) is 9.69 Å². The zero-order valence-corrected chi connectivity index (χ0v) is 17.1. The Morgan fingerprint density at radius 1 is 1.24 bits per heavy atom. The third kappa shape index (κ3) is 5.86. The number of hydrogen-bond donors (Lipinski definition) is 1. The quantitative estimate of drug-likeness (QED) is 0.739. The smallest absolute Gasteiger partial charge is 0.238 e. The van der Waals surface area contributed by atoms with Crippen LogP contribution in [-0.2, 0) is 4.79 Å². The van der Waals surface area contributed by atoms with Gasteiger partial charge in [0.25, 0.3) is 0 Å². The number of nitrogens with zero attached hydrogens (tertiary/aromatic N) is 2. The summed E-state index contributed by atoms with van der Waals surface area (Å²) in [5.74, 6) is 1.42. The highest BCUT2D eigenvalue weighted by Crippen LogP contribution is 2.29. The standard InChI is InChI=1S/C22H24ClN3O3/c1-2-28-20-5-3-4-6-21(20)29-18-9-11-26(12-10-18)15-22(27)25-17-8-7-16(14-24)19(23)13-17/h3-8,13,18H,2,9-12,15H2,1H3,(H,25,27). The zero-order valence-electron chi connectivity index (χ0n) is 16.4. The average Bonchev–Trinajstić information content (AvgIpc) is 2.71. The van der Waals surface area contributed by atoms with Gasteiger partial charge in [-0.2, -0.15) is 5.26 Å². The number of nitriles is 1. The fraction of sp³-hybridized carbons (Fsp3) is 0.364. The van der Waals surface area contributed by atoms with Crippen molar-refractivity contribution >= 4 is 23.2 Å². The molecule has 1 aliphatic heterocycles. The number of para-hydroxylation sites is 2. The van der Waals surface area contributed by atoms with Crippen molar-refractivity contribution in [3.05, 3.63) is 53.1 Å². The molecule has 1 amide bonds. The summed E-state index contributed by atoms with van der Waals surface area (Å²) in [6, 6.07) is 14.6. The van der Waals surface area contributed by atoms with Crippen LogP contribution >= 0.6 is 11.6 Å². The number of carbonyl (C=O) groups is 1. The first-order valence-electron chi connectivity index (χ1n) is 9.69. The molecule has 2 aromatic carbocycles. The number of hydrogen-bond acceptors (Lipinski definition) is 5. The van der Waals surface area contributed by atoms with Crippen LogP contribution in [0, 0.1) is 11.3 Å². The lowest BCUT2D eigenvalue weighted by molar-refractivity contribution is -0.117. The minimum atomic E-state index is -0.105. The lowest BCUT2D eigenvalue weighted by Gasteiger charge is -2.32. The Bertz CT molecular complexity index is 889. The van der Waals surface area contributed by atoms with Crippen molar-refractivity contribution in [3.63, 3.8) is 0 Å². The van der Waals surface area contributed by atoms with Crippen LogP contribution in [0.2, 0.25) is 5.02 Å². The molecule has 2 aromatic rings. The Hall–Kier alpha value is -2.75. The summed E-state index contributed by atoms with van der Waals surface area (Å²) >= 11 is 6.01. The lowest BCUT2D eigenvalue weighted by atomic mass is 10.1. The molecule has 1 saturated heterocycles. The molecular weight excluding hydrogens is 390 g/mol. The monoisotopic (exact) mass is 413 g/mol. The molecule has 1 aliphatic rings. The maximum Gasteiger partial charge on any atom is 0.238 e. The number of piperidine rings is 1. The summed E-state index contributed by atoms with van der Waals surface area (Å²) < 4.78 is 11.7. The highest BCUT2D eigenvalue weighted by Gasteiger charge is 2.23. The number of benzene rings is 2. The molecule has 1 fully saturated rings. The molecule has 0 bridgehead atoms. The van der Waals surface area contributed by atoms with Crippen LogP contribution in [0.15, 0.2) is 42.5 Å². The Kier molecular flexibility index (Phi) is 7.34. The molecule has 0 aromatic heterocycles. The van der Waals surface area contributed by atoms with E-state index in [1.807, 2.05) is 37.3 Å². The summed E-state index contributed by atoms with van der Waals surface area (Å²) in [5, 5.41) is 12.1. The van der Waals surface area contributed by atoms with Gasteiger partial charge in [-0.15, -0.1) is 0 Å². The molecule has 1 heterocycles. The third-order valence-electron chi connectivity index (χ3n) is 4.72. The van der Waals surface area contributed by atoms with Crippen molar-refractivity contribution in [2.45, 2.75) is 25.9 Å². The van der Waals surface area contributed by atoms with E-state index in [1.54, 1.807) is 18.2 Å². The first-order valence-corrected chi connectivity index (χ1v) is 10.1. The normalized spacial score (nSPS) is 14.8. The van der Waals surface area contributed by atoms with Crippen LogP contribution in [0.5, 0.6) is 11.5 Å². The number of anilines is 1. The zero-order chi connectivity index (χ0) is 20.6. The molecule has 0 saturated carbocycles. The summed E-state index contributed by atoms with van der Waals surface area (Å²) in [6.07, 6.45) is 1.79. The first-order chi connectivity index (χ1) is 14.1. The van der Waals surface area contributed by atoms with Gasteiger partial charge >= 0.3 is 0 Å². The van der Waals surface area contributed by atoms with Gasteiger partial charge < -0.3 is 14.8 Å². The minimum absolute atomic E-state index is 0.105. The van der Waals surface area contributed by atoms with Gasteiger partial charge in [0, 0.05) is 18.8 Å². The predicted octanol–water partition coefficient (Wildman–Crippen LogP) is 4.09. The molecule has 1 N–H and O–H groups in total. The van der Waals surface area contributed by atoms with Crippen molar-refractivity contribution < 1.29 is 14.3 Å². The van der Waals surface area contributed by atoms with Gasteiger partial charge in [0.1, 0.15) is 12.2 Å². The number of halogens is 1. The molecule has 7 heteroatoms. The van der Waals surface area contributed by atoms with Gasteiger partial charge in [-0.05, 0) is 50.1 Å². The Balaban J connectivity index is 1.47. The van der Waals surface area contributed by atoms with E-state index in [2.05, 4.69) is 10.2 Å². The highest BCUT2D eigenvalue weighted by atomic mass is 35.5. The van der Waals surface area contributed by atoms with Gasteiger partial charge in [0.2, 0.25) is 5.91 Å². The topological polar surface area (TPSA) is 74.6 Å². The fourth-order valence-electron chi connectivity index (χ4n) is 3.27.